The van der Waals surface area contributed by atoms with Crippen LogP contribution >= 0.6 is 24.8 Å². The third-order valence-electron chi connectivity index (χ3n) is 2.85. The van der Waals surface area contributed by atoms with E-state index in [1.54, 1.807) is 6.07 Å². The van der Waals surface area contributed by atoms with Gasteiger partial charge in [-0.25, -0.2) is 4.98 Å². The van der Waals surface area contributed by atoms with Crippen LogP contribution in [0, 0.1) is 12.8 Å². The van der Waals surface area contributed by atoms with Crippen molar-refractivity contribution in [2.24, 2.45) is 11.7 Å². The van der Waals surface area contributed by atoms with Crippen LogP contribution in [0.15, 0.2) is 18.2 Å². The van der Waals surface area contributed by atoms with Crippen molar-refractivity contribution in [3.63, 3.8) is 0 Å². The lowest BCUT2D eigenvalue weighted by Gasteiger charge is -2.31. The molecule has 0 aromatic carbocycles. The lowest BCUT2D eigenvalue weighted by molar-refractivity contribution is 0.0893. The minimum atomic E-state index is -0.378. The quantitative estimate of drug-likeness (QED) is 0.876. The summed E-state index contributed by atoms with van der Waals surface area (Å²) >= 11 is 0. The summed E-state index contributed by atoms with van der Waals surface area (Å²) in [7, 11) is 0. The number of nitrogens with two attached hydrogens (primary N) is 1. The van der Waals surface area contributed by atoms with Crippen molar-refractivity contribution in [1.29, 1.82) is 0 Å². The lowest BCUT2D eigenvalue weighted by Crippen LogP contribution is -2.52. The summed E-state index contributed by atoms with van der Waals surface area (Å²) in [5.41, 5.74) is 6.68. The summed E-state index contributed by atoms with van der Waals surface area (Å²) in [5, 5.41) is 2.99. The fraction of sp³-hybridized carbons (Fsp3) is 0.571. The van der Waals surface area contributed by atoms with E-state index < -0.39 is 0 Å². The fourth-order valence-electron chi connectivity index (χ4n) is 2.09. The number of hydrogen-bond donors (Lipinski definition) is 2. The fourth-order valence-corrected chi connectivity index (χ4v) is 2.09. The van der Waals surface area contributed by atoms with E-state index in [0.717, 1.165) is 12.1 Å². The predicted molar refractivity (Wildman–Crippen MR) is 87.9 cm³/mol. The van der Waals surface area contributed by atoms with Crippen LogP contribution < -0.4 is 11.1 Å². The Kier molecular flexibility index (Phi) is 9.83. The molecule has 6 heteroatoms. The molecule has 0 spiro atoms. The number of carbonyl (C=O) groups excluding carboxylic acids is 1. The Morgan fingerprint density at radius 2 is 2.00 bits per heavy atom. The zero-order chi connectivity index (χ0) is 13.8. The summed E-state index contributed by atoms with van der Waals surface area (Å²) < 4.78 is 0. The van der Waals surface area contributed by atoms with Crippen LogP contribution in [0.1, 0.15) is 43.4 Å². The average molecular weight is 322 g/mol. The molecule has 0 fully saturated rings. The Labute approximate surface area is 133 Å². The number of halogens is 2. The van der Waals surface area contributed by atoms with E-state index in [2.05, 4.69) is 24.1 Å². The van der Waals surface area contributed by atoms with Crippen LogP contribution in [0.3, 0.4) is 0 Å². The van der Waals surface area contributed by atoms with E-state index in [1.807, 2.05) is 26.0 Å². The molecule has 4 nitrogen and oxygen atoms in total. The van der Waals surface area contributed by atoms with E-state index in [0.29, 0.717) is 18.2 Å². The molecule has 0 aliphatic carbocycles. The topological polar surface area (TPSA) is 68.0 Å². The number of rotatable bonds is 5. The van der Waals surface area contributed by atoms with Crippen molar-refractivity contribution in [3.8, 4) is 0 Å². The summed E-state index contributed by atoms with van der Waals surface area (Å²) in [6, 6.07) is 5.42. The number of hydrogen-bond acceptors (Lipinski definition) is 3. The minimum absolute atomic E-state index is 0. The molecule has 1 rings (SSSR count). The molecule has 1 aromatic rings. The second kappa shape index (κ2) is 9.16. The highest BCUT2D eigenvalue weighted by molar-refractivity contribution is 5.92. The molecule has 3 N–H and O–H groups in total. The van der Waals surface area contributed by atoms with Crippen molar-refractivity contribution < 1.29 is 4.79 Å². The zero-order valence-corrected chi connectivity index (χ0v) is 14.1. The number of amides is 1. The van der Waals surface area contributed by atoms with Crippen LogP contribution in [0.4, 0.5) is 0 Å². The van der Waals surface area contributed by atoms with Gasteiger partial charge in [0.2, 0.25) is 0 Å². The molecule has 0 radical (unpaired) electrons. The Morgan fingerprint density at radius 1 is 1.40 bits per heavy atom. The maximum absolute atomic E-state index is 12.1. The van der Waals surface area contributed by atoms with Crippen molar-refractivity contribution in [2.45, 2.75) is 39.7 Å². The van der Waals surface area contributed by atoms with Gasteiger partial charge in [0.1, 0.15) is 5.69 Å². The van der Waals surface area contributed by atoms with Crippen LogP contribution in [0.2, 0.25) is 0 Å². The Hall–Kier alpha value is -0.840. The van der Waals surface area contributed by atoms with E-state index in [4.69, 9.17) is 5.73 Å². The first-order valence-electron chi connectivity index (χ1n) is 6.32. The molecule has 0 aliphatic rings. The monoisotopic (exact) mass is 321 g/mol. The predicted octanol–water partition coefficient (Wildman–Crippen LogP) is 2.73. The van der Waals surface area contributed by atoms with Gasteiger partial charge in [0.25, 0.3) is 5.91 Å². The van der Waals surface area contributed by atoms with E-state index in [-0.39, 0.29) is 36.3 Å². The molecule has 0 aliphatic heterocycles. The van der Waals surface area contributed by atoms with Crippen LogP contribution in [-0.2, 0) is 0 Å². The Morgan fingerprint density at radius 3 is 2.45 bits per heavy atom. The van der Waals surface area contributed by atoms with Gasteiger partial charge in [-0.2, -0.15) is 0 Å². The minimum Gasteiger partial charge on any atom is -0.344 e. The Bertz CT molecular complexity index is 427. The summed E-state index contributed by atoms with van der Waals surface area (Å²) in [4.78, 5) is 16.3. The molecule has 1 unspecified atom stereocenters. The van der Waals surface area contributed by atoms with E-state index in [1.165, 1.54) is 0 Å². The van der Waals surface area contributed by atoms with E-state index >= 15 is 0 Å². The van der Waals surface area contributed by atoms with Crippen LogP contribution in [0.5, 0.6) is 0 Å². The number of pyridine rings is 1. The standard InChI is InChI=1S/C14H23N3O.2ClH/c1-10(2)8-14(4,9-15)17-13(18)12-7-5-6-11(3)16-12;;/h5-7,10H,8-9,15H2,1-4H3,(H,17,18);2*1H. The van der Waals surface area contributed by atoms with Gasteiger partial charge in [-0.1, -0.05) is 19.9 Å². The highest BCUT2D eigenvalue weighted by Crippen LogP contribution is 2.15. The molecule has 0 saturated heterocycles. The SMILES string of the molecule is Cc1cccc(C(=O)NC(C)(CN)CC(C)C)n1.Cl.Cl. The van der Waals surface area contributed by atoms with Gasteiger partial charge in [0.05, 0.1) is 5.54 Å². The maximum Gasteiger partial charge on any atom is 0.270 e. The normalized spacial score (nSPS) is 12.9. The summed E-state index contributed by atoms with van der Waals surface area (Å²) in [5.74, 6) is 0.316. The molecule has 20 heavy (non-hydrogen) atoms. The molecule has 1 amide bonds. The first-order valence-corrected chi connectivity index (χ1v) is 6.32. The van der Waals surface area contributed by atoms with Gasteiger partial charge in [-0.15, -0.1) is 24.8 Å². The summed E-state index contributed by atoms with van der Waals surface area (Å²) in [6.07, 6.45) is 0.848. The maximum atomic E-state index is 12.1. The van der Waals surface area contributed by atoms with Gasteiger partial charge in [0, 0.05) is 12.2 Å². The van der Waals surface area contributed by atoms with Crippen LogP contribution in [-0.4, -0.2) is 23.0 Å². The number of nitrogens with zero attached hydrogens (tertiary/aromatic N) is 1. The molecule has 0 bridgehead atoms. The van der Waals surface area contributed by atoms with Crippen molar-refractivity contribution in [1.82, 2.24) is 10.3 Å². The third kappa shape index (κ3) is 6.55. The Balaban J connectivity index is 0. The largest absolute Gasteiger partial charge is 0.344 e. The van der Waals surface area contributed by atoms with Crippen molar-refractivity contribution >= 4 is 30.7 Å². The van der Waals surface area contributed by atoms with Crippen LogP contribution in [0.25, 0.3) is 0 Å². The average Bonchev–Trinajstić information content (AvgIpc) is 2.27. The second-order valence-corrected chi connectivity index (χ2v) is 5.48. The van der Waals surface area contributed by atoms with Gasteiger partial charge < -0.3 is 11.1 Å². The highest BCUT2D eigenvalue weighted by atomic mass is 35.5. The first kappa shape index (κ1) is 21.5. The van der Waals surface area contributed by atoms with Gasteiger partial charge >= 0.3 is 0 Å². The molecular weight excluding hydrogens is 297 g/mol. The lowest BCUT2D eigenvalue weighted by atomic mass is 9.90. The number of nitrogens with one attached hydrogen (secondary N) is 1. The van der Waals surface area contributed by atoms with Gasteiger partial charge in [-0.3, -0.25) is 4.79 Å². The smallest absolute Gasteiger partial charge is 0.270 e. The molecule has 1 heterocycles. The molecule has 1 aromatic heterocycles. The summed E-state index contributed by atoms with van der Waals surface area (Å²) in [6.45, 7) is 8.49. The molecular formula is C14H25Cl2N3O. The highest BCUT2D eigenvalue weighted by Gasteiger charge is 2.26. The van der Waals surface area contributed by atoms with Gasteiger partial charge in [0.15, 0.2) is 0 Å². The molecule has 1 atom stereocenters. The van der Waals surface area contributed by atoms with E-state index in [9.17, 15) is 4.79 Å². The molecule has 0 saturated carbocycles. The molecule has 116 valence electrons. The van der Waals surface area contributed by atoms with Crippen molar-refractivity contribution in [2.75, 3.05) is 6.54 Å². The van der Waals surface area contributed by atoms with Crippen molar-refractivity contribution in [3.05, 3.63) is 29.6 Å². The van der Waals surface area contributed by atoms with Gasteiger partial charge in [-0.05, 0) is 38.3 Å². The number of carbonyl (C=O) groups is 1. The third-order valence-corrected chi connectivity index (χ3v) is 2.85. The number of aromatic nitrogens is 1. The second-order valence-electron chi connectivity index (χ2n) is 5.48. The number of aryl methyl sites for hydroxylation is 1. The first-order chi connectivity index (χ1) is 8.36. The zero-order valence-electron chi connectivity index (χ0n) is 12.5.